The van der Waals surface area contributed by atoms with Crippen molar-refractivity contribution in [3.8, 4) is 0 Å². The van der Waals surface area contributed by atoms with Crippen molar-refractivity contribution in [2.24, 2.45) is 11.1 Å². The third-order valence-corrected chi connectivity index (χ3v) is 9.15. The van der Waals surface area contributed by atoms with Gasteiger partial charge in [-0.15, -0.1) is 11.3 Å². The number of ether oxygens (including phenoxy) is 1. The minimum atomic E-state index is -0.275. The zero-order valence-corrected chi connectivity index (χ0v) is 21.4. The topological polar surface area (TPSA) is 119 Å². The minimum Gasteiger partial charge on any atom is -0.397 e. The van der Waals surface area contributed by atoms with Gasteiger partial charge in [0.1, 0.15) is 21.3 Å². The highest BCUT2D eigenvalue weighted by Gasteiger charge is 2.48. The number of amides is 1. The van der Waals surface area contributed by atoms with Crippen molar-refractivity contribution in [2.75, 3.05) is 36.9 Å². The lowest BCUT2D eigenvalue weighted by molar-refractivity contribution is 0.0938. The Bertz CT molecular complexity index is 1370. The Morgan fingerprint density at radius 3 is 2.94 bits per heavy atom. The summed E-state index contributed by atoms with van der Waals surface area (Å²) in [5, 5.41) is 3.91. The third kappa shape index (κ3) is 3.82. The van der Waals surface area contributed by atoms with E-state index < -0.39 is 0 Å². The Hall–Kier alpha value is -2.82. The Labute approximate surface area is 213 Å². The molecule has 3 unspecified atom stereocenters. The average Bonchev–Trinajstić information content (AvgIpc) is 3.52. The summed E-state index contributed by atoms with van der Waals surface area (Å²) >= 11 is 1.30. The van der Waals surface area contributed by atoms with Crippen molar-refractivity contribution in [1.29, 1.82) is 0 Å². The Morgan fingerprint density at radius 1 is 1.33 bits per heavy atom. The van der Waals surface area contributed by atoms with Gasteiger partial charge in [0.2, 0.25) is 0 Å². The van der Waals surface area contributed by atoms with E-state index in [-0.39, 0.29) is 29.2 Å². The number of thiophene rings is 1. The van der Waals surface area contributed by atoms with Crippen LogP contribution >= 0.6 is 11.3 Å². The molecule has 3 aromatic rings. The fourth-order valence-electron chi connectivity index (χ4n) is 6.04. The van der Waals surface area contributed by atoms with E-state index in [0.29, 0.717) is 54.4 Å². The van der Waals surface area contributed by atoms with Crippen LogP contribution in [0, 0.1) is 25.1 Å². The summed E-state index contributed by atoms with van der Waals surface area (Å²) in [6.07, 6.45) is 2.62. The van der Waals surface area contributed by atoms with Gasteiger partial charge in [-0.2, -0.15) is 0 Å². The van der Waals surface area contributed by atoms with Crippen LogP contribution in [-0.4, -0.2) is 54.3 Å². The molecule has 3 aliphatic rings. The van der Waals surface area contributed by atoms with Crippen molar-refractivity contribution in [1.82, 2.24) is 15.3 Å². The van der Waals surface area contributed by atoms with E-state index in [0.717, 1.165) is 46.7 Å². The van der Waals surface area contributed by atoms with Crippen molar-refractivity contribution in [3.63, 3.8) is 0 Å². The van der Waals surface area contributed by atoms with Crippen molar-refractivity contribution >= 4 is 39.0 Å². The average molecular weight is 511 g/mol. The summed E-state index contributed by atoms with van der Waals surface area (Å²) in [7, 11) is 0. The highest BCUT2D eigenvalue weighted by Crippen LogP contribution is 2.40. The monoisotopic (exact) mass is 510 g/mol. The minimum absolute atomic E-state index is 0.00951. The predicted octanol–water partition coefficient (Wildman–Crippen LogP) is 2.87. The second kappa shape index (κ2) is 8.64. The number of nitrogen functional groups attached to an aromatic ring is 1. The summed E-state index contributed by atoms with van der Waals surface area (Å²) < 4.78 is 20.9. The third-order valence-electron chi connectivity index (χ3n) is 8.05. The molecule has 0 bridgehead atoms. The van der Waals surface area contributed by atoms with Gasteiger partial charge in [0.05, 0.1) is 12.3 Å². The molecule has 5 N–H and O–H groups in total. The maximum atomic E-state index is 15.3. The van der Waals surface area contributed by atoms with Crippen LogP contribution in [0.2, 0.25) is 0 Å². The number of nitrogens with zero attached hydrogens (tertiary/aromatic N) is 3. The number of carbonyl (C=O) groups is 1. The molecule has 1 spiro atoms. The summed E-state index contributed by atoms with van der Waals surface area (Å²) in [6, 6.07) is 3.29. The molecule has 1 amide bonds. The molecule has 190 valence electrons. The van der Waals surface area contributed by atoms with E-state index in [1.807, 2.05) is 19.9 Å². The number of nitrogens with two attached hydrogens (primary N) is 2. The van der Waals surface area contributed by atoms with E-state index >= 15 is 4.39 Å². The van der Waals surface area contributed by atoms with Crippen LogP contribution in [-0.2, 0) is 17.6 Å². The van der Waals surface area contributed by atoms with Crippen LogP contribution in [0.4, 0.5) is 15.9 Å². The number of rotatable bonds is 3. The van der Waals surface area contributed by atoms with E-state index in [1.54, 1.807) is 0 Å². The summed E-state index contributed by atoms with van der Waals surface area (Å²) in [6.45, 7) is 6.67. The lowest BCUT2D eigenvalue weighted by Crippen LogP contribution is -2.40. The molecule has 0 saturated carbocycles. The first kappa shape index (κ1) is 23.6. The Morgan fingerprint density at radius 2 is 2.17 bits per heavy atom. The molecule has 3 atom stereocenters. The SMILES string of the molecule is Cc1cc(C)c2c(N)c(C(=O)NC3CCc4nc(N5CC(N)C6(CCOC6)C5)cc(F)c4C3)sc2n1. The Balaban J connectivity index is 1.19. The van der Waals surface area contributed by atoms with Crippen LogP contribution in [0.5, 0.6) is 0 Å². The first-order chi connectivity index (χ1) is 17.2. The second-order valence-corrected chi connectivity index (χ2v) is 11.6. The normalized spacial score (nSPS) is 25.6. The smallest absolute Gasteiger partial charge is 0.263 e. The molecular weight excluding hydrogens is 479 g/mol. The largest absolute Gasteiger partial charge is 0.397 e. The number of nitrogens with one attached hydrogen (secondary N) is 1. The van der Waals surface area contributed by atoms with E-state index in [9.17, 15) is 4.79 Å². The number of aromatic nitrogens is 2. The van der Waals surface area contributed by atoms with Gasteiger partial charge in [0.15, 0.2) is 0 Å². The molecule has 1 aliphatic carbocycles. The van der Waals surface area contributed by atoms with Crippen LogP contribution in [0.3, 0.4) is 0 Å². The van der Waals surface area contributed by atoms with Crippen LogP contribution in [0.15, 0.2) is 12.1 Å². The molecule has 2 fully saturated rings. The number of anilines is 2. The standard InChI is InChI=1S/C26H31FN6O2S/c1-13-7-14(2)30-25-21(13)22(29)23(36-25)24(34)31-15-3-4-18-16(8-15)17(27)9-20(32-18)33-10-19(28)26(11-33)5-6-35-12-26/h7,9,15,19H,3-6,8,10-12,28-29H2,1-2H3,(H,31,34). The Kier molecular flexibility index (Phi) is 5.66. The zero-order chi connectivity index (χ0) is 25.2. The quantitative estimate of drug-likeness (QED) is 0.496. The molecule has 2 saturated heterocycles. The van der Waals surface area contributed by atoms with Crippen LogP contribution in [0.1, 0.15) is 45.0 Å². The zero-order valence-electron chi connectivity index (χ0n) is 20.6. The second-order valence-electron chi connectivity index (χ2n) is 10.6. The first-order valence-corrected chi connectivity index (χ1v) is 13.3. The number of halogens is 1. The van der Waals surface area contributed by atoms with Gasteiger partial charge in [-0.3, -0.25) is 4.79 Å². The van der Waals surface area contributed by atoms with E-state index in [1.165, 1.54) is 17.4 Å². The summed E-state index contributed by atoms with van der Waals surface area (Å²) in [4.78, 5) is 25.8. The lowest BCUT2D eigenvalue weighted by atomic mass is 9.83. The fourth-order valence-corrected chi connectivity index (χ4v) is 7.16. The molecule has 0 aromatic carbocycles. The number of hydrogen-bond acceptors (Lipinski definition) is 8. The first-order valence-electron chi connectivity index (χ1n) is 12.5. The fraction of sp³-hybridized carbons (Fsp3) is 0.500. The number of hydrogen-bond donors (Lipinski definition) is 3. The molecule has 5 heterocycles. The molecule has 36 heavy (non-hydrogen) atoms. The van der Waals surface area contributed by atoms with E-state index in [4.69, 9.17) is 21.2 Å². The van der Waals surface area contributed by atoms with Gasteiger partial charge in [0, 0.05) is 65.6 Å². The molecular formula is C26H31FN6O2S. The lowest BCUT2D eigenvalue weighted by Gasteiger charge is -2.28. The molecule has 0 radical (unpaired) electrons. The molecule has 8 nitrogen and oxygen atoms in total. The molecule has 6 rings (SSSR count). The highest BCUT2D eigenvalue weighted by molar-refractivity contribution is 7.21. The predicted molar refractivity (Wildman–Crippen MR) is 139 cm³/mol. The summed E-state index contributed by atoms with van der Waals surface area (Å²) in [5.74, 6) is 0.133. The van der Waals surface area contributed by atoms with Crippen molar-refractivity contribution in [2.45, 2.75) is 51.6 Å². The summed E-state index contributed by atoms with van der Waals surface area (Å²) in [5.41, 5.74) is 16.4. The van der Waals surface area contributed by atoms with Gasteiger partial charge >= 0.3 is 0 Å². The van der Waals surface area contributed by atoms with Gasteiger partial charge in [-0.25, -0.2) is 14.4 Å². The van der Waals surface area contributed by atoms with E-state index in [2.05, 4.69) is 15.2 Å². The van der Waals surface area contributed by atoms with Gasteiger partial charge in [-0.1, -0.05) is 0 Å². The van der Waals surface area contributed by atoms with Crippen molar-refractivity contribution < 1.29 is 13.9 Å². The highest BCUT2D eigenvalue weighted by atomic mass is 32.1. The van der Waals surface area contributed by atoms with Crippen molar-refractivity contribution in [3.05, 3.63) is 45.3 Å². The molecule has 2 aliphatic heterocycles. The van der Waals surface area contributed by atoms with Gasteiger partial charge in [-0.05, 0) is 51.2 Å². The van der Waals surface area contributed by atoms with Gasteiger partial charge in [0.25, 0.3) is 5.91 Å². The maximum absolute atomic E-state index is 15.3. The number of pyridine rings is 2. The maximum Gasteiger partial charge on any atom is 0.263 e. The van der Waals surface area contributed by atoms with Crippen LogP contribution in [0.25, 0.3) is 10.2 Å². The molecule has 10 heteroatoms. The number of fused-ring (bicyclic) bond motifs is 2. The number of carbonyl (C=O) groups excluding carboxylic acids is 1. The van der Waals surface area contributed by atoms with Crippen LogP contribution < -0.4 is 21.7 Å². The number of aryl methyl sites for hydroxylation is 3. The van der Waals surface area contributed by atoms with Gasteiger partial charge < -0.3 is 26.4 Å². The molecule has 3 aromatic heterocycles.